The molecule has 0 aliphatic heterocycles. The van der Waals surface area contributed by atoms with Gasteiger partial charge >= 0.3 is 5.97 Å². The average molecular weight is 264 g/mol. The van der Waals surface area contributed by atoms with E-state index in [0.29, 0.717) is 0 Å². The van der Waals surface area contributed by atoms with E-state index in [4.69, 9.17) is 5.11 Å². The maximum absolute atomic E-state index is 10.8. The zero-order valence-corrected chi connectivity index (χ0v) is 10.6. The molecule has 0 amide bonds. The maximum atomic E-state index is 10.8. The molecule has 1 heterocycles. The first-order valence-electron chi connectivity index (χ1n) is 6.18. The summed E-state index contributed by atoms with van der Waals surface area (Å²) in [7, 11) is 0. The van der Waals surface area contributed by atoms with Crippen molar-refractivity contribution >= 4 is 28.2 Å². The summed E-state index contributed by atoms with van der Waals surface area (Å²) in [5.74, 6) is -0.925. The zero-order valence-electron chi connectivity index (χ0n) is 10.6. The van der Waals surface area contributed by atoms with Crippen molar-refractivity contribution < 1.29 is 9.90 Å². The summed E-state index contributed by atoms with van der Waals surface area (Å²) in [6, 6.07) is 16.4. The van der Waals surface area contributed by atoms with Crippen molar-refractivity contribution in [2.24, 2.45) is 0 Å². The lowest BCUT2D eigenvalue weighted by Crippen LogP contribution is -1.97. The lowest BCUT2D eigenvalue weighted by atomic mass is 10.1. The Morgan fingerprint density at radius 2 is 1.75 bits per heavy atom. The first-order chi connectivity index (χ1) is 9.74. The van der Waals surface area contributed by atoms with Gasteiger partial charge in [0, 0.05) is 23.0 Å². The van der Waals surface area contributed by atoms with Crippen LogP contribution in [0.2, 0.25) is 0 Å². The Morgan fingerprint density at radius 3 is 2.50 bits per heavy atom. The Balaban J connectivity index is 1.95. The van der Waals surface area contributed by atoms with Crippen LogP contribution < -0.4 is 5.32 Å². The molecule has 0 aliphatic rings. The number of fused-ring (bicyclic) bond motifs is 1. The topological polar surface area (TPSA) is 62.2 Å². The molecule has 4 heteroatoms. The number of anilines is 2. The Kier molecular flexibility index (Phi) is 3.05. The van der Waals surface area contributed by atoms with Gasteiger partial charge < -0.3 is 10.4 Å². The van der Waals surface area contributed by atoms with Crippen molar-refractivity contribution in [2.75, 3.05) is 5.32 Å². The number of hydrogen-bond acceptors (Lipinski definition) is 3. The third-order valence-corrected chi connectivity index (χ3v) is 3.06. The predicted octanol–water partition coefficient (Wildman–Crippen LogP) is 3.68. The van der Waals surface area contributed by atoms with Gasteiger partial charge in [-0.05, 0) is 36.4 Å². The summed E-state index contributed by atoms with van der Waals surface area (Å²) in [6.07, 6.45) is 1.75. The highest BCUT2D eigenvalue weighted by molar-refractivity contribution is 5.93. The van der Waals surface area contributed by atoms with Crippen molar-refractivity contribution in [2.45, 2.75) is 0 Å². The third kappa shape index (κ3) is 2.31. The fourth-order valence-electron chi connectivity index (χ4n) is 2.06. The molecule has 2 N–H and O–H groups in total. The van der Waals surface area contributed by atoms with Gasteiger partial charge in [0.1, 0.15) is 0 Å². The molecule has 0 unspecified atom stereocenters. The summed E-state index contributed by atoms with van der Waals surface area (Å²) >= 11 is 0. The van der Waals surface area contributed by atoms with Crippen molar-refractivity contribution in [1.82, 2.24) is 4.98 Å². The number of aromatic nitrogens is 1. The Hall–Kier alpha value is -2.88. The fraction of sp³-hybridized carbons (Fsp3) is 0. The summed E-state index contributed by atoms with van der Waals surface area (Å²) in [4.78, 5) is 15.1. The predicted molar refractivity (Wildman–Crippen MR) is 78.4 cm³/mol. The molecule has 98 valence electrons. The second kappa shape index (κ2) is 5.01. The third-order valence-electron chi connectivity index (χ3n) is 3.06. The van der Waals surface area contributed by atoms with Gasteiger partial charge in [0.05, 0.1) is 11.1 Å². The van der Waals surface area contributed by atoms with E-state index >= 15 is 0 Å². The van der Waals surface area contributed by atoms with Crippen LogP contribution in [0.25, 0.3) is 10.9 Å². The van der Waals surface area contributed by atoms with Gasteiger partial charge in [-0.1, -0.05) is 18.2 Å². The standard InChI is InChI=1S/C16H12N2O2/c19-16(20)11-5-7-12(8-6-11)18-15-9-10-17-14-4-2-1-3-13(14)15/h1-10H,(H,17,18)(H,19,20). The van der Waals surface area contributed by atoms with Gasteiger partial charge in [-0.2, -0.15) is 0 Å². The van der Waals surface area contributed by atoms with Crippen LogP contribution >= 0.6 is 0 Å². The van der Waals surface area contributed by atoms with E-state index in [-0.39, 0.29) is 5.56 Å². The van der Waals surface area contributed by atoms with Gasteiger partial charge in [0.15, 0.2) is 0 Å². The van der Waals surface area contributed by atoms with Gasteiger partial charge in [-0.25, -0.2) is 4.79 Å². The highest BCUT2D eigenvalue weighted by atomic mass is 16.4. The van der Waals surface area contributed by atoms with Crippen LogP contribution in [0.4, 0.5) is 11.4 Å². The number of nitrogens with zero attached hydrogens (tertiary/aromatic N) is 1. The number of carboxylic acids is 1. The number of para-hydroxylation sites is 1. The minimum atomic E-state index is -0.925. The van der Waals surface area contributed by atoms with Gasteiger partial charge in [0.2, 0.25) is 0 Å². The summed E-state index contributed by atoms with van der Waals surface area (Å²) in [5.41, 5.74) is 2.97. The molecule has 0 saturated carbocycles. The molecular formula is C16H12N2O2. The molecule has 20 heavy (non-hydrogen) atoms. The van der Waals surface area contributed by atoms with E-state index in [1.165, 1.54) is 0 Å². The van der Waals surface area contributed by atoms with E-state index in [2.05, 4.69) is 10.3 Å². The Labute approximate surface area is 115 Å². The highest BCUT2D eigenvalue weighted by Gasteiger charge is 2.04. The van der Waals surface area contributed by atoms with Crippen LogP contribution in [0.3, 0.4) is 0 Å². The first kappa shape index (κ1) is 12.2. The number of benzene rings is 2. The second-order valence-corrected chi connectivity index (χ2v) is 4.38. The summed E-state index contributed by atoms with van der Waals surface area (Å²) in [5, 5.41) is 13.2. The number of hydrogen-bond donors (Lipinski definition) is 2. The SMILES string of the molecule is O=C(O)c1ccc(Nc2ccnc3ccccc23)cc1. The largest absolute Gasteiger partial charge is 0.478 e. The van der Waals surface area contributed by atoms with Crippen LogP contribution in [-0.4, -0.2) is 16.1 Å². The van der Waals surface area contributed by atoms with Gasteiger partial charge in [-0.15, -0.1) is 0 Å². The normalized spacial score (nSPS) is 10.4. The van der Waals surface area contributed by atoms with Crippen LogP contribution in [0, 0.1) is 0 Å². The Morgan fingerprint density at radius 1 is 1.00 bits per heavy atom. The minimum Gasteiger partial charge on any atom is -0.478 e. The van der Waals surface area contributed by atoms with Crippen molar-refractivity contribution in [3.05, 3.63) is 66.4 Å². The molecule has 0 saturated heterocycles. The molecular weight excluding hydrogens is 252 g/mol. The average Bonchev–Trinajstić information content (AvgIpc) is 2.48. The molecule has 2 aromatic carbocycles. The molecule has 3 rings (SSSR count). The number of rotatable bonds is 3. The molecule has 4 nitrogen and oxygen atoms in total. The van der Waals surface area contributed by atoms with E-state index in [1.807, 2.05) is 30.3 Å². The molecule has 0 atom stereocenters. The van der Waals surface area contributed by atoms with Crippen LogP contribution in [0.15, 0.2) is 60.8 Å². The molecule has 0 fully saturated rings. The van der Waals surface area contributed by atoms with Crippen LogP contribution in [0.5, 0.6) is 0 Å². The van der Waals surface area contributed by atoms with Crippen molar-refractivity contribution in [1.29, 1.82) is 0 Å². The van der Waals surface area contributed by atoms with Gasteiger partial charge in [0.25, 0.3) is 0 Å². The quantitative estimate of drug-likeness (QED) is 0.757. The lowest BCUT2D eigenvalue weighted by molar-refractivity contribution is 0.0697. The number of nitrogens with one attached hydrogen (secondary N) is 1. The van der Waals surface area contributed by atoms with Crippen LogP contribution in [0.1, 0.15) is 10.4 Å². The minimum absolute atomic E-state index is 0.273. The Bertz CT molecular complexity index is 762. The molecule has 0 spiro atoms. The van der Waals surface area contributed by atoms with E-state index < -0.39 is 5.97 Å². The van der Waals surface area contributed by atoms with E-state index in [1.54, 1.807) is 30.5 Å². The molecule has 0 bridgehead atoms. The molecule has 0 aliphatic carbocycles. The van der Waals surface area contributed by atoms with Crippen molar-refractivity contribution in [3.63, 3.8) is 0 Å². The number of aromatic carboxylic acids is 1. The second-order valence-electron chi connectivity index (χ2n) is 4.38. The first-order valence-corrected chi connectivity index (χ1v) is 6.18. The van der Waals surface area contributed by atoms with E-state index in [0.717, 1.165) is 22.3 Å². The monoisotopic (exact) mass is 264 g/mol. The number of carboxylic acid groups (broad SMARTS) is 1. The number of carbonyl (C=O) groups is 1. The highest BCUT2D eigenvalue weighted by Crippen LogP contribution is 2.24. The van der Waals surface area contributed by atoms with Gasteiger partial charge in [-0.3, -0.25) is 4.98 Å². The molecule has 3 aromatic rings. The summed E-state index contributed by atoms with van der Waals surface area (Å²) in [6.45, 7) is 0. The fourth-order valence-corrected chi connectivity index (χ4v) is 2.06. The number of pyridine rings is 1. The van der Waals surface area contributed by atoms with Crippen LogP contribution in [-0.2, 0) is 0 Å². The zero-order chi connectivity index (χ0) is 13.9. The molecule has 0 radical (unpaired) electrons. The smallest absolute Gasteiger partial charge is 0.335 e. The maximum Gasteiger partial charge on any atom is 0.335 e. The summed E-state index contributed by atoms with van der Waals surface area (Å²) < 4.78 is 0. The molecule has 1 aromatic heterocycles. The lowest BCUT2D eigenvalue weighted by Gasteiger charge is -2.09. The van der Waals surface area contributed by atoms with E-state index in [9.17, 15) is 4.79 Å². The van der Waals surface area contributed by atoms with Crippen molar-refractivity contribution in [3.8, 4) is 0 Å².